The van der Waals surface area contributed by atoms with Gasteiger partial charge in [0, 0.05) is 11.6 Å². The van der Waals surface area contributed by atoms with Gasteiger partial charge in [0.05, 0.1) is 7.11 Å². The van der Waals surface area contributed by atoms with Crippen LogP contribution < -0.4 is 10.1 Å². The van der Waals surface area contributed by atoms with Crippen molar-refractivity contribution in [2.75, 3.05) is 13.7 Å². The molecule has 1 saturated carbocycles. The molecule has 1 aromatic carbocycles. The van der Waals surface area contributed by atoms with E-state index in [-0.39, 0.29) is 0 Å². The van der Waals surface area contributed by atoms with Crippen molar-refractivity contribution in [3.8, 4) is 5.75 Å². The predicted octanol–water partition coefficient (Wildman–Crippen LogP) is 4.95. The molecule has 2 rings (SSSR count). The molecule has 0 heterocycles. The van der Waals surface area contributed by atoms with Crippen molar-refractivity contribution >= 4 is 0 Å². The summed E-state index contributed by atoms with van der Waals surface area (Å²) in [6.07, 6.45) is 6.69. The van der Waals surface area contributed by atoms with Crippen molar-refractivity contribution < 1.29 is 4.74 Å². The molecule has 1 aromatic rings. The first-order valence-electron chi connectivity index (χ1n) is 8.49. The molecule has 1 fully saturated rings. The smallest absolute Gasteiger partial charge is 0.123 e. The highest BCUT2D eigenvalue weighted by molar-refractivity contribution is 5.37. The summed E-state index contributed by atoms with van der Waals surface area (Å²) in [5.74, 6) is 1.76. The van der Waals surface area contributed by atoms with Gasteiger partial charge in [0.25, 0.3) is 0 Å². The summed E-state index contributed by atoms with van der Waals surface area (Å²) in [6.45, 7) is 7.92. The average Bonchev–Trinajstić information content (AvgIpc) is 2.93. The molecule has 21 heavy (non-hydrogen) atoms. The fraction of sp³-hybridized carbons (Fsp3) is 0.684. The molecule has 118 valence electrons. The normalized spacial score (nSPS) is 18.9. The van der Waals surface area contributed by atoms with E-state index in [1.54, 1.807) is 7.11 Å². The van der Waals surface area contributed by atoms with Gasteiger partial charge in [-0.25, -0.2) is 0 Å². The average molecular weight is 289 g/mol. The maximum Gasteiger partial charge on any atom is 0.123 e. The van der Waals surface area contributed by atoms with Crippen LogP contribution in [0.2, 0.25) is 0 Å². The van der Waals surface area contributed by atoms with E-state index in [0.29, 0.717) is 11.5 Å². The summed E-state index contributed by atoms with van der Waals surface area (Å²) in [5.41, 5.74) is 1.73. The van der Waals surface area contributed by atoms with Crippen LogP contribution in [-0.2, 0) is 0 Å². The van der Waals surface area contributed by atoms with Crippen LogP contribution in [0.1, 0.15) is 64.5 Å². The Labute approximate surface area is 130 Å². The molecule has 0 amide bonds. The zero-order valence-corrected chi connectivity index (χ0v) is 14.1. The Bertz CT molecular complexity index is 435. The van der Waals surface area contributed by atoms with Crippen LogP contribution in [0.3, 0.4) is 0 Å². The molecular weight excluding hydrogens is 258 g/mol. The molecule has 0 saturated heterocycles. The molecule has 2 nitrogen and oxygen atoms in total. The van der Waals surface area contributed by atoms with Crippen molar-refractivity contribution in [3.63, 3.8) is 0 Å². The molecule has 0 aromatic heterocycles. The highest BCUT2D eigenvalue weighted by Gasteiger charge is 2.42. The summed E-state index contributed by atoms with van der Waals surface area (Å²) in [4.78, 5) is 0. The lowest BCUT2D eigenvalue weighted by Crippen LogP contribution is -2.37. The molecular formula is C19H31NO. The highest BCUT2D eigenvalue weighted by Crippen LogP contribution is 2.52. The molecule has 1 atom stereocenters. The largest absolute Gasteiger partial charge is 0.496 e. The summed E-state index contributed by atoms with van der Waals surface area (Å²) in [7, 11) is 1.78. The Hall–Kier alpha value is -1.02. The molecule has 0 aliphatic heterocycles. The van der Waals surface area contributed by atoms with E-state index in [1.165, 1.54) is 37.7 Å². The maximum absolute atomic E-state index is 5.64. The molecule has 1 unspecified atom stereocenters. The molecule has 2 heteroatoms. The zero-order chi connectivity index (χ0) is 15.3. The summed E-state index contributed by atoms with van der Waals surface area (Å²) < 4.78 is 5.64. The summed E-state index contributed by atoms with van der Waals surface area (Å²) >= 11 is 0. The van der Waals surface area contributed by atoms with Gasteiger partial charge < -0.3 is 10.1 Å². The monoisotopic (exact) mass is 289 g/mol. The lowest BCUT2D eigenvalue weighted by molar-refractivity contribution is 0.154. The minimum atomic E-state index is 0.388. The van der Waals surface area contributed by atoms with Gasteiger partial charge in [0.15, 0.2) is 0 Å². The van der Waals surface area contributed by atoms with Crippen LogP contribution in [0.15, 0.2) is 24.3 Å². The van der Waals surface area contributed by atoms with E-state index in [9.17, 15) is 0 Å². The number of hydrogen-bond donors (Lipinski definition) is 1. The number of hydrogen-bond acceptors (Lipinski definition) is 2. The van der Waals surface area contributed by atoms with E-state index < -0.39 is 0 Å². The zero-order valence-electron chi connectivity index (χ0n) is 14.1. The van der Waals surface area contributed by atoms with Gasteiger partial charge in [-0.3, -0.25) is 0 Å². The highest BCUT2D eigenvalue weighted by atomic mass is 16.5. The van der Waals surface area contributed by atoms with Crippen LogP contribution in [0.5, 0.6) is 5.75 Å². The topological polar surface area (TPSA) is 21.3 Å². The van der Waals surface area contributed by atoms with Crippen molar-refractivity contribution in [1.29, 1.82) is 0 Å². The third-order valence-electron chi connectivity index (χ3n) is 4.88. The first-order chi connectivity index (χ1) is 10.1. The standard InChI is InChI=1S/C19H31NO/c1-5-20-18(16-10-6-7-11-17(16)21-4)19(14-15(2)3)12-8-9-13-19/h6-7,10-11,15,18,20H,5,8-9,12-14H2,1-4H3. The van der Waals surface area contributed by atoms with Crippen molar-refractivity contribution in [2.24, 2.45) is 11.3 Å². The van der Waals surface area contributed by atoms with Crippen LogP contribution in [0.25, 0.3) is 0 Å². The number of benzene rings is 1. The van der Waals surface area contributed by atoms with Crippen LogP contribution in [0.4, 0.5) is 0 Å². The van der Waals surface area contributed by atoms with Gasteiger partial charge in [0.1, 0.15) is 5.75 Å². The number of methoxy groups -OCH3 is 1. The second kappa shape index (κ2) is 7.31. The third-order valence-corrected chi connectivity index (χ3v) is 4.88. The molecule has 0 radical (unpaired) electrons. The van der Waals surface area contributed by atoms with E-state index in [4.69, 9.17) is 4.74 Å². The maximum atomic E-state index is 5.64. The van der Waals surface area contributed by atoms with E-state index in [1.807, 2.05) is 0 Å². The van der Waals surface area contributed by atoms with Gasteiger partial charge in [0.2, 0.25) is 0 Å². The molecule has 1 N–H and O–H groups in total. The van der Waals surface area contributed by atoms with Crippen molar-refractivity contribution in [1.82, 2.24) is 5.32 Å². The number of nitrogens with one attached hydrogen (secondary N) is 1. The Morgan fingerprint density at radius 1 is 1.19 bits per heavy atom. The lowest BCUT2D eigenvalue weighted by Gasteiger charge is -2.40. The van der Waals surface area contributed by atoms with Crippen LogP contribution in [0, 0.1) is 11.3 Å². The van der Waals surface area contributed by atoms with Crippen LogP contribution in [-0.4, -0.2) is 13.7 Å². The van der Waals surface area contributed by atoms with Crippen LogP contribution >= 0.6 is 0 Å². The van der Waals surface area contributed by atoms with Crippen molar-refractivity contribution in [2.45, 2.75) is 58.9 Å². The second-order valence-corrected chi connectivity index (χ2v) is 6.90. The molecule has 0 spiro atoms. The minimum absolute atomic E-state index is 0.388. The van der Waals surface area contributed by atoms with Crippen molar-refractivity contribution in [3.05, 3.63) is 29.8 Å². The Balaban J connectivity index is 2.40. The van der Waals surface area contributed by atoms with E-state index in [2.05, 4.69) is 50.4 Å². The number of rotatable bonds is 7. The predicted molar refractivity (Wildman–Crippen MR) is 89.8 cm³/mol. The molecule has 0 bridgehead atoms. The van der Waals surface area contributed by atoms with Gasteiger partial charge in [-0.2, -0.15) is 0 Å². The van der Waals surface area contributed by atoms with E-state index >= 15 is 0 Å². The first kappa shape index (κ1) is 16.4. The fourth-order valence-electron chi connectivity index (χ4n) is 4.27. The molecule has 1 aliphatic rings. The SMILES string of the molecule is CCNC(c1ccccc1OC)C1(CC(C)C)CCCC1. The van der Waals surface area contributed by atoms with Gasteiger partial charge in [-0.15, -0.1) is 0 Å². The lowest BCUT2D eigenvalue weighted by atomic mass is 9.70. The quantitative estimate of drug-likeness (QED) is 0.766. The number of ether oxygens (including phenoxy) is 1. The Morgan fingerprint density at radius 2 is 1.86 bits per heavy atom. The second-order valence-electron chi connectivity index (χ2n) is 6.90. The van der Waals surface area contributed by atoms with Gasteiger partial charge in [-0.1, -0.05) is 51.8 Å². The third kappa shape index (κ3) is 3.60. The summed E-state index contributed by atoms with van der Waals surface area (Å²) in [6, 6.07) is 8.95. The number of para-hydroxylation sites is 1. The first-order valence-corrected chi connectivity index (χ1v) is 8.49. The van der Waals surface area contributed by atoms with Gasteiger partial charge >= 0.3 is 0 Å². The summed E-state index contributed by atoms with van der Waals surface area (Å²) in [5, 5.41) is 3.78. The Morgan fingerprint density at radius 3 is 2.43 bits per heavy atom. The Kier molecular flexibility index (Phi) is 5.69. The minimum Gasteiger partial charge on any atom is -0.496 e. The molecule has 1 aliphatic carbocycles. The van der Waals surface area contributed by atoms with E-state index in [0.717, 1.165) is 18.2 Å². The fourth-order valence-corrected chi connectivity index (χ4v) is 4.27. The van der Waals surface area contributed by atoms with Gasteiger partial charge in [-0.05, 0) is 43.2 Å².